The summed E-state index contributed by atoms with van der Waals surface area (Å²) in [6.45, 7) is 2.33. The third kappa shape index (κ3) is 5.36. The molecule has 1 aromatic carbocycles. The maximum atomic E-state index is 11.7. The molecule has 1 saturated heterocycles. The molecule has 1 fully saturated rings. The Kier molecular flexibility index (Phi) is 7.36. The van der Waals surface area contributed by atoms with Gasteiger partial charge in [0.05, 0.1) is 6.61 Å². The molecule has 1 aliphatic heterocycles. The Morgan fingerprint density at radius 2 is 2.05 bits per heavy atom. The van der Waals surface area contributed by atoms with Gasteiger partial charge in [0.15, 0.2) is 0 Å². The molecule has 2 N–H and O–H groups in total. The van der Waals surface area contributed by atoms with Crippen molar-refractivity contribution >= 4 is 18.3 Å². The van der Waals surface area contributed by atoms with Crippen LogP contribution in [0.25, 0.3) is 0 Å². The van der Waals surface area contributed by atoms with Gasteiger partial charge < -0.3 is 20.1 Å². The van der Waals surface area contributed by atoms with Crippen LogP contribution in [0.5, 0.6) is 5.75 Å². The van der Waals surface area contributed by atoms with Crippen LogP contribution in [0.15, 0.2) is 30.3 Å². The largest absolute Gasteiger partial charge is 0.491 e. The number of nitrogens with two attached hydrogens (primary N) is 1. The van der Waals surface area contributed by atoms with Crippen LogP contribution in [0.4, 0.5) is 0 Å². The maximum Gasteiger partial charge on any atom is 0.248 e. The van der Waals surface area contributed by atoms with Crippen molar-refractivity contribution in [1.29, 1.82) is 0 Å². The van der Waals surface area contributed by atoms with Gasteiger partial charge in [0.1, 0.15) is 19.0 Å². The van der Waals surface area contributed by atoms with Gasteiger partial charge in [-0.25, -0.2) is 0 Å². The highest BCUT2D eigenvalue weighted by Gasteiger charge is 2.23. The minimum atomic E-state index is 0. The molecule has 112 valence electrons. The predicted molar refractivity (Wildman–Crippen MR) is 79.2 cm³/mol. The molecule has 0 aromatic heterocycles. The Morgan fingerprint density at radius 1 is 1.30 bits per heavy atom. The summed E-state index contributed by atoms with van der Waals surface area (Å²) in [7, 11) is 0. The number of benzene rings is 1. The average molecular weight is 301 g/mol. The molecule has 0 aliphatic carbocycles. The van der Waals surface area contributed by atoms with E-state index in [0.717, 1.165) is 18.7 Å². The van der Waals surface area contributed by atoms with Gasteiger partial charge >= 0.3 is 0 Å². The SMILES string of the molecule is Cl.N[C@@H]1CCN(C(=O)COCCOc2ccccc2)C1. The third-order valence-electron chi connectivity index (χ3n) is 3.04. The zero-order valence-electron chi connectivity index (χ0n) is 11.4. The number of carbonyl (C=O) groups excluding carboxylic acids is 1. The highest BCUT2D eigenvalue weighted by molar-refractivity contribution is 5.85. The fourth-order valence-corrected chi connectivity index (χ4v) is 2.00. The van der Waals surface area contributed by atoms with E-state index < -0.39 is 0 Å². The number of rotatable bonds is 6. The van der Waals surface area contributed by atoms with Crippen LogP contribution in [-0.2, 0) is 9.53 Å². The van der Waals surface area contributed by atoms with Crippen LogP contribution < -0.4 is 10.5 Å². The minimum absolute atomic E-state index is 0. The fraction of sp³-hybridized carbons (Fsp3) is 0.500. The molecule has 5 nitrogen and oxygen atoms in total. The normalized spacial score (nSPS) is 17.6. The van der Waals surface area contributed by atoms with Crippen LogP contribution in [0.1, 0.15) is 6.42 Å². The zero-order chi connectivity index (χ0) is 13.5. The topological polar surface area (TPSA) is 64.8 Å². The lowest BCUT2D eigenvalue weighted by molar-refractivity contribution is -0.135. The molecule has 2 rings (SSSR count). The fourth-order valence-electron chi connectivity index (χ4n) is 2.00. The number of carbonyl (C=O) groups is 1. The number of halogens is 1. The smallest absolute Gasteiger partial charge is 0.248 e. The van der Waals surface area contributed by atoms with Gasteiger partial charge in [-0.05, 0) is 18.6 Å². The molecule has 1 aromatic rings. The maximum absolute atomic E-state index is 11.7. The molecule has 0 radical (unpaired) electrons. The van der Waals surface area contributed by atoms with E-state index in [1.54, 1.807) is 4.90 Å². The second kappa shape index (κ2) is 8.79. The first kappa shape index (κ1) is 16.8. The molecule has 1 amide bonds. The number of hydrogen-bond acceptors (Lipinski definition) is 4. The summed E-state index contributed by atoms with van der Waals surface area (Å²) in [6, 6.07) is 9.65. The van der Waals surface area contributed by atoms with E-state index in [1.807, 2.05) is 30.3 Å². The number of hydrogen-bond donors (Lipinski definition) is 1. The molecular weight excluding hydrogens is 280 g/mol. The van der Waals surface area contributed by atoms with Gasteiger partial charge in [-0.3, -0.25) is 4.79 Å². The van der Waals surface area contributed by atoms with E-state index in [-0.39, 0.29) is 31.0 Å². The van der Waals surface area contributed by atoms with Crippen molar-refractivity contribution in [3.8, 4) is 5.75 Å². The molecular formula is C14H21ClN2O3. The molecule has 1 heterocycles. The van der Waals surface area contributed by atoms with Crippen LogP contribution >= 0.6 is 12.4 Å². The van der Waals surface area contributed by atoms with E-state index in [0.29, 0.717) is 19.8 Å². The van der Waals surface area contributed by atoms with Crippen LogP contribution in [0.2, 0.25) is 0 Å². The summed E-state index contributed by atoms with van der Waals surface area (Å²) in [6.07, 6.45) is 0.878. The van der Waals surface area contributed by atoms with Crippen LogP contribution in [0.3, 0.4) is 0 Å². The molecule has 1 aliphatic rings. The first-order valence-corrected chi connectivity index (χ1v) is 6.54. The summed E-state index contributed by atoms with van der Waals surface area (Å²) in [5.41, 5.74) is 5.75. The Labute approximate surface area is 125 Å². The van der Waals surface area contributed by atoms with Gasteiger partial charge in [-0.2, -0.15) is 0 Å². The lowest BCUT2D eigenvalue weighted by atomic mass is 10.3. The summed E-state index contributed by atoms with van der Waals surface area (Å²) < 4.78 is 10.8. The lowest BCUT2D eigenvalue weighted by Crippen LogP contribution is -2.34. The molecule has 0 unspecified atom stereocenters. The van der Waals surface area contributed by atoms with Crippen molar-refractivity contribution in [2.45, 2.75) is 12.5 Å². The van der Waals surface area contributed by atoms with Gasteiger partial charge in [-0.15, -0.1) is 12.4 Å². The van der Waals surface area contributed by atoms with Crippen molar-refractivity contribution < 1.29 is 14.3 Å². The monoisotopic (exact) mass is 300 g/mol. The van der Waals surface area contributed by atoms with E-state index in [2.05, 4.69) is 0 Å². The van der Waals surface area contributed by atoms with Gasteiger partial charge in [-0.1, -0.05) is 18.2 Å². The highest BCUT2D eigenvalue weighted by atomic mass is 35.5. The number of para-hydroxylation sites is 1. The van der Waals surface area contributed by atoms with Crippen LogP contribution in [-0.4, -0.2) is 49.8 Å². The number of likely N-dealkylation sites (tertiary alicyclic amines) is 1. The number of amides is 1. The van der Waals surface area contributed by atoms with E-state index in [4.69, 9.17) is 15.2 Å². The molecule has 6 heteroatoms. The van der Waals surface area contributed by atoms with Crippen molar-refractivity contribution in [3.63, 3.8) is 0 Å². The van der Waals surface area contributed by atoms with Crippen molar-refractivity contribution in [3.05, 3.63) is 30.3 Å². The quantitative estimate of drug-likeness (QED) is 0.798. The summed E-state index contributed by atoms with van der Waals surface area (Å²) in [5, 5.41) is 0. The summed E-state index contributed by atoms with van der Waals surface area (Å²) in [4.78, 5) is 13.5. The molecule has 0 bridgehead atoms. The van der Waals surface area contributed by atoms with E-state index in [9.17, 15) is 4.79 Å². The Hall–Kier alpha value is -1.30. The van der Waals surface area contributed by atoms with Crippen LogP contribution in [0, 0.1) is 0 Å². The first-order valence-electron chi connectivity index (χ1n) is 6.54. The third-order valence-corrected chi connectivity index (χ3v) is 3.04. The average Bonchev–Trinajstić information content (AvgIpc) is 2.86. The Balaban J connectivity index is 0.00000200. The standard InChI is InChI=1S/C14H20N2O3.ClH/c15-12-6-7-16(10-12)14(17)11-18-8-9-19-13-4-2-1-3-5-13;/h1-5,12H,6-11,15H2;1H/t12-;/m1./s1. The predicted octanol–water partition coefficient (Wildman–Crippen LogP) is 1.06. The second-order valence-electron chi connectivity index (χ2n) is 4.60. The molecule has 0 spiro atoms. The van der Waals surface area contributed by atoms with Crippen molar-refractivity contribution in [2.75, 3.05) is 32.9 Å². The summed E-state index contributed by atoms with van der Waals surface area (Å²) in [5.74, 6) is 0.815. The van der Waals surface area contributed by atoms with E-state index >= 15 is 0 Å². The molecule has 20 heavy (non-hydrogen) atoms. The zero-order valence-corrected chi connectivity index (χ0v) is 12.2. The van der Waals surface area contributed by atoms with Gasteiger partial charge in [0.25, 0.3) is 0 Å². The first-order chi connectivity index (χ1) is 9.25. The Morgan fingerprint density at radius 3 is 2.70 bits per heavy atom. The molecule has 0 saturated carbocycles. The van der Waals surface area contributed by atoms with Crippen molar-refractivity contribution in [1.82, 2.24) is 4.90 Å². The molecule has 1 atom stereocenters. The summed E-state index contributed by atoms with van der Waals surface area (Å²) >= 11 is 0. The number of ether oxygens (including phenoxy) is 2. The Bertz CT molecular complexity index is 403. The lowest BCUT2D eigenvalue weighted by Gasteiger charge is -2.15. The van der Waals surface area contributed by atoms with Gasteiger partial charge in [0.2, 0.25) is 5.91 Å². The highest BCUT2D eigenvalue weighted by Crippen LogP contribution is 2.08. The van der Waals surface area contributed by atoms with E-state index in [1.165, 1.54) is 0 Å². The van der Waals surface area contributed by atoms with Crippen molar-refractivity contribution in [2.24, 2.45) is 5.73 Å². The minimum Gasteiger partial charge on any atom is -0.491 e. The number of nitrogens with zero attached hydrogens (tertiary/aromatic N) is 1. The van der Waals surface area contributed by atoms with Gasteiger partial charge in [0, 0.05) is 19.1 Å². The second-order valence-corrected chi connectivity index (χ2v) is 4.60.